The standard InChI is InChI=1S/C12H13FN2O/c13-8-2-1-3-9(5-8)15-12(16)11-7-4-10(11)14-6-7/h1-3,5,7,10-11,14H,4,6H2,(H,15,16)/t7-,10+,11+/m1/s1. The Kier molecular flexibility index (Phi) is 2.17. The molecule has 0 aromatic heterocycles. The number of hydrogen-bond acceptors (Lipinski definition) is 2. The average molecular weight is 220 g/mol. The molecule has 1 amide bonds. The van der Waals surface area contributed by atoms with Crippen molar-refractivity contribution >= 4 is 11.6 Å². The number of nitrogens with one attached hydrogen (secondary N) is 2. The molecule has 1 saturated carbocycles. The maximum Gasteiger partial charge on any atom is 0.229 e. The van der Waals surface area contributed by atoms with E-state index in [0.717, 1.165) is 13.0 Å². The molecule has 4 rings (SSSR count). The molecule has 0 radical (unpaired) electrons. The Morgan fingerprint density at radius 3 is 3.00 bits per heavy atom. The molecule has 2 bridgehead atoms. The van der Waals surface area contributed by atoms with Crippen LogP contribution in [-0.4, -0.2) is 18.5 Å². The van der Waals surface area contributed by atoms with Gasteiger partial charge in [0.05, 0.1) is 5.92 Å². The molecule has 2 N–H and O–H groups in total. The lowest BCUT2D eigenvalue weighted by atomic mass is 9.73. The van der Waals surface area contributed by atoms with Crippen molar-refractivity contribution in [3.8, 4) is 0 Å². The Labute approximate surface area is 93.0 Å². The van der Waals surface area contributed by atoms with E-state index in [1.807, 2.05) is 0 Å². The van der Waals surface area contributed by atoms with Crippen molar-refractivity contribution in [2.75, 3.05) is 11.9 Å². The highest BCUT2D eigenvalue weighted by molar-refractivity contribution is 5.94. The summed E-state index contributed by atoms with van der Waals surface area (Å²) in [5, 5.41) is 6.05. The minimum Gasteiger partial charge on any atom is -0.326 e. The number of amides is 1. The van der Waals surface area contributed by atoms with Gasteiger partial charge >= 0.3 is 0 Å². The predicted octanol–water partition coefficient (Wildman–Crippen LogP) is 1.37. The molecule has 0 spiro atoms. The van der Waals surface area contributed by atoms with Crippen molar-refractivity contribution in [2.24, 2.45) is 11.8 Å². The van der Waals surface area contributed by atoms with Crippen LogP contribution in [0.1, 0.15) is 6.42 Å². The van der Waals surface area contributed by atoms with Gasteiger partial charge in [-0.3, -0.25) is 4.79 Å². The maximum atomic E-state index is 12.9. The number of carbonyl (C=O) groups excluding carboxylic acids is 1. The second-order valence-electron chi connectivity index (χ2n) is 4.54. The van der Waals surface area contributed by atoms with Crippen LogP contribution >= 0.6 is 0 Å². The first-order valence-electron chi connectivity index (χ1n) is 5.54. The zero-order valence-corrected chi connectivity index (χ0v) is 8.74. The molecule has 1 aromatic rings. The van der Waals surface area contributed by atoms with Crippen LogP contribution in [0.5, 0.6) is 0 Å². The van der Waals surface area contributed by atoms with E-state index in [2.05, 4.69) is 10.6 Å². The van der Waals surface area contributed by atoms with Crippen molar-refractivity contribution in [1.29, 1.82) is 0 Å². The van der Waals surface area contributed by atoms with Gasteiger partial charge in [-0.25, -0.2) is 4.39 Å². The summed E-state index contributed by atoms with van der Waals surface area (Å²) in [6.07, 6.45) is 1.10. The molecule has 84 valence electrons. The van der Waals surface area contributed by atoms with Crippen LogP contribution in [0.15, 0.2) is 24.3 Å². The van der Waals surface area contributed by atoms with Crippen LogP contribution in [0.25, 0.3) is 0 Å². The lowest BCUT2D eigenvalue weighted by molar-refractivity contribution is -0.123. The molecule has 3 aliphatic rings. The third kappa shape index (κ3) is 1.50. The summed E-state index contributed by atoms with van der Waals surface area (Å²) in [6.45, 7) is 0.936. The first-order chi connectivity index (χ1) is 7.74. The third-order valence-corrected chi connectivity index (χ3v) is 3.54. The number of fused-ring (bicyclic) bond motifs is 1. The molecule has 3 fully saturated rings. The summed E-state index contributed by atoms with van der Waals surface area (Å²) in [6, 6.07) is 6.34. The fraction of sp³-hybridized carbons (Fsp3) is 0.417. The second-order valence-corrected chi connectivity index (χ2v) is 4.54. The van der Waals surface area contributed by atoms with Crippen molar-refractivity contribution in [2.45, 2.75) is 12.5 Å². The molecular formula is C12H13FN2O. The molecular weight excluding hydrogens is 207 g/mol. The van der Waals surface area contributed by atoms with Crippen molar-refractivity contribution in [1.82, 2.24) is 5.32 Å². The SMILES string of the molecule is O=C(Nc1cccc(F)c1)[C@H]1[C@H]2CN[C@H]1C2. The van der Waals surface area contributed by atoms with E-state index < -0.39 is 0 Å². The van der Waals surface area contributed by atoms with Crippen LogP contribution in [0.2, 0.25) is 0 Å². The van der Waals surface area contributed by atoms with Gasteiger partial charge in [-0.2, -0.15) is 0 Å². The van der Waals surface area contributed by atoms with Gasteiger partial charge in [0.2, 0.25) is 5.91 Å². The van der Waals surface area contributed by atoms with Crippen LogP contribution < -0.4 is 10.6 Å². The average Bonchev–Trinajstić information content (AvgIpc) is 2.78. The smallest absolute Gasteiger partial charge is 0.229 e. The van der Waals surface area contributed by atoms with Gasteiger partial charge in [-0.1, -0.05) is 6.07 Å². The van der Waals surface area contributed by atoms with E-state index in [4.69, 9.17) is 0 Å². The maximum absolute atomic E-state index is 12.9. The van der Waals surface area contributed by atoms with Gasteiger partial charge in [-0.05, 0) is 37.1 Å². The fourth-order valence-electron chi connectivity index (χ4n) is 2.66. The molecule has 3 nitrogen and oxygen atoms in total. The first-order valence-corrected chi connectivity index (χ1v) is 5.54. The lowest BCUT2D eigenvalue weighted by Crippen LogP contribution is -2.44. The minimum absolute atomic E-state index is 0.0110. The molecule has 3 atom stereocenters. The van der Waals surface area contributed by atoms with Gasteiger partial charge in [-0.15, -0.1) is 0 Å². The summed E-state index contributed by atoms with van der Waals surface area (Å²) < 4.78 is 12.9. The van der Waals surface area contributed by atoms with Gasteiger partial charge in [0.15, 0.2) is 0 Å². The second kappa shape index (κ2) is 3.56. The summed E-state index contributed by atoms with van der Waals surface area (Å²) >= 11 is 0. The zero-order chi connectivity index (χ0) is 11.1. The summed E-state index contributed by atoms with van der Waals surface area (Å²) in [7, 11) is 0. The first kappa shape index (κ1) is 9.78. The van der Waals surface area contributed by atoms with E-state index in [0.29, 0.717) is 17.6 Å². The largest absolute Gasteiger partial charge is 0.326 e. The molecule has 2 aliphatic heterocycles. The van der Waals surface area contributed by atoms with Crippen LogP contribution in [0, 0.1) is 17.7 Å². The molecule has 1 aromatic carbocycles. The van der Waals surface area contributed by atoms with Crippen LogP contribution in [0.4, 0.5) is 10.1 Å². The van der Waals surface area contributed by atoms with Gasteiger partial charge < -0.3 is 10.6 Å². The molecule has 1 aliphatic carbocycles. The molecule has 0 unspecified atom stereocenters. The third-order valence-electron chi connectivity index (χ3n) is 3.54. The van der Waals surface area contributed by atoms with E-state index >= 15 is 0 Å². The summed E-state index contributed by atoms with van der Waals surface area (Å²) in [5.74, 6) is 0.228. The zero-order valence-electron chi connectivity index (χ0n) is 8.74. The Morgan fingerprint density at radius 2 is 2.38 bits per heavy atom. The predicted molar refractivity (Wildman–Crippen MR) is 58.4 cm³/mol. The van der Waals surface area contributed by atoms with E-state index in [1.165, 1.54) is 12.1 Å². The Balaban J connectivity index is 1.69. The summed E-state index contributed by atoms with van der Waals surface area (Å²) in [4.78, 5) is 11.9. The number of rotatable bonds is 2. The monoisotopic (exact) mass is 220 g/mol. The molecule has 4 heteroatoms. The number of carbonyl (C=O) groups is 1. The van der Waals surface area contributed by atoms with E-state index in [1.54, 1.807) is 12.1 Å². The highest BCUT2D eigenvalue weighted by Gasteiger charge is 2.50. The van der Waals surface area contributed by atoms with Crippen molar-refractivity contribution in [3.63, 3.8) is 0 Å². The van der Waals surface area contributed by atoms with Crippen molar-refractivity contribution in [3.05, 3.63) is 30.1 Å². The fourth-order valence-corrected chi connectivity index (χ4v) is 2.66. The topological polar surface area (TPSA) is 41.1 Å². The van der Waals surface area contributed by atoms with E-state index in [9.17, 15) is 9.18 Å². The molecule has 16 heavy (non-hydrogen) atoms. The van der Waals surface area contributed by atoms with Crippen molar-refractivity contribution < 1.29 is 9.18 Å². The van der Waals surface area contributed by atoms with Crippen LogP contribution in [-0.2, 0) is 4.79 Å². The number of anilines is 1. The van der Waals surface area contributed by atoms with Gasteiger partial charge in [0.1, 0.15) is 5.82 Å². The lowest BCUT2D eigenvalue weighted by Gasteiger charge is -2.32. The quantitative estimate of drug-likeness (QED) is 0.790. The number of hydrogen-bond donors (Lipinski definition) is 2. The Morgan fingerprint density at radius 1 is 1.50 bits per heavy atom. The highest BCUT2D eigenvalue weighted by atomic mass is 19.1. The summed E-state index contributed by atoms with van der Waals surface area (Å²) in [5.41, 5.74) is 0.538. The normalized spacial score (nSPS) is 30.9. The highest BCUT2D eigenvalue weighted by Crippen LogP contribution is 2.40. The molecule has 2 saturated heterocycles. The number of halogens is 1. The van der Waals surface area contributed by atoms with Crippen LogP contribution in [0.3, 0.4) is 0 Å². The van der Waals surface area contributed by atoms with E-state index in [-0.39, 0.29) is 17.6 Å². The Bertz CT molecular complexity index is 421. The minimum atomic E-state index is -0.326. The van der Waals surface area contributed by atoms with Gasteiger partial charge in [0, 0.05) is 11.7 Å². The Hall–Kier alpha value is -1.42. The number of benzene rings is 1. The van der Waals surface area contributed by atoms with Gasteiger partial charge in [0.25, 0.3) is 0 Å². The molecule has 2 heterocycles.